The summed E-state index contributed by atoms with van der Waals surface area (Å²) in [4.78, 5) is 26.7. The van der Waals surface area contributed by atoms with Gasteiger partial charge in [-0.2, -0.15) is 0 Å². The summed E-state index contributed by atoms with van der Waals surface area (Å²) in [6.45, 7) is 2.45. The van der Waals surface area contributed by atoms with Gasteiger partial charge < -0.3 is 24.7 Å². The van der Waals surface area contributed by atoms with Crippen LogP contribution in [0.2, 0.25) is 0 Å². The second kappa shape index (κ2) is 9.46. The molecule has 1 aromatic heterocycles. The van der Waals surface area contributed by atoms with Gasteiger partial charge in [-0.05, 0) is 30.7 Å². The van der Waals surface area contributed by atoms with E-state index >= 15 is 0 Å². The minimum Gasteiger partial charge on any atom is -0.394 e. The molecule has 2 aliphatic rings. The van der Waals surface area contributed by atoms with E-state index in [4.69, 9.17) is 19.4 Å². The summed E-state index contributed by atoms with van der Waals surface area (Å²) >= 11 is 0. The SMILES string of the molecule is Cc1nc(C(=O)NCc2ccc(F)cc2)cc(C2=NO[C@H](C3CO[C@@H](CO)CO3)C2)n1. The fraction of sp³-hybridized carbons (Fsp3) is 0.429. The van der Waals surface area contributed by atoms with Gasteiger partial charge in [0.1, 0.15) is 35.3 Å². The lowest BCUT2D eigenvalue weighted by Gasteiger charge is -2.30. The molecule has 10 heteroatoms. The van der Waals surface area contributed by atoms with E-state index in [0.717, 1.165) is 5.56 Å². The van der Waals surface area contributed by atoms with Crippen LogP contribution < -0.4 is 5.32 Å². The molecule has 1 unspecified atom stereocenters. The summed E-state index contributed by atoms with van der Waals surface area (Å²) in [5.74, 6) is -0.271. The fourth-order valence-corrected chi connectivity index (χ4v) is 3.33. The molecule has 9 nitrogen and oxygen atoms in total. The number of carbonyl (C=O) groups is 1. The molecule has 0 spiro atoms. The van der Waals surface area contributed by atoms with E-state index in [-0.39, 0.29) is 48.9 Å². The molecule has 164 valence electrons. The van der Waals surface area contributed by atoms with Gasteiger partial charge in [0.05, 0.1) is 25.5 Å². The highest BCUT2D eigenvalue weighted by Gasteiger charge is 2.35. The number of rotatable bonds is 6. The normalized spacial score (nSPS) is 23.2. The lowest BCUT2D eigenvalue weighted by molar-refractivity contribution is -0.178. The van der Waals surface area contributed by atoms with Crippen molar-refractivity contribution < 1.29 is 28.6 Å². The van der Waals surface area contributed by atoms with Crippen LogP contribution in [0.1, 0.15) is 34.0 Å². The largest absolute Gasteiger partial charge is 0.394 e. The molecule has 1 saturated heterocycles. The van der Waals surface area contributed by atoms with Crippen molar-refractivity contribution >= 4 is 11.6 Å². The first kappa shape index (κ1) is 21.3. The third-order valence-corrected chi connectivity index (χ3v) is 5.04. The molecule has 31 heavy (non-hydrogen) atoms. The van der Waals surface area contributed by atoms with Crippen LogP contribution in [0.5, 0.6) is 0 Å². The van der Waals surface area contributed by atoms with Gasteiger partial charge in [0.15, 0.2) is 6.10 Å². The summed E-state index contributed by atoms with van der Waals surface area (Å²) in [6, 6.07) is 7.47. The van der Waals surface area contributed by atoms with Gasteiger partial charge in [-0.3, -0.25) is 4.79 Å². The van der Waals surface area contributed by atoms with Crippen LogP contribution in [0.25, 0.3) is 0 Å². The van der Waals surface area contributed by atoms with Crippen molar-refractivity contribution in [1.82, 2.24) is 15.3 Å². The highest BCUT2D eigenvalue weighted by Crippen LogP contribution is 2.23. The van der Waals surface area contributed by atoms with Crippen LogP contribution in [-0.4, -0.2) is 64.8 Å². The third kappa shape index (κ3) is 5.22. The van der Waals surface area contributed by atoms with Crippen molar-refractivity contribution in [2.75, 3.05) is 19.8 Å². The number of aryl methyl sites for hydroxylation is 1. The van der Waals surface area contributed by atoms with Crippen LogP contribution in [-0.2, 0) is 20.9 Å². The average Bonchev–Trinajstić information content (AvgIpc) is 3.28. The maximum absolute atomic E-state index is 13.0. The number of amides is 1. The first-order valence-electron chi connectivity index (χ1n) is 9.97. The molecule has 3 atom stereocenters. The lowest BCUT2D eigenvalue weighted by Crippen LogP contribution is -2.43. The molecule has 0 aliphatic carbocycles. The highest BCUT2D eigenvalue weighted by molar-refractivity contribution is 6.02. The van der Waals surface area contributed by atoms with Gasteiger partial charge in [-0.25, -0.2) is 14.4 Å². The number of aliphatic hydroxyl groups excluding tert-OH is 1. The van der Waals surface area contributed by atoms with E-state index in [1.165, 1.54) is 12.1 Å². The maximum atomic E-state index is 13.0. The molecule has 1 aromatic carbocycles. The summed E-state index contributed by atoms with van der Waals surface area (Å²) in [7, 11) is 0. The van der Waals surface area contributed by atoms with Crippen molar-refractivity contribution in [1.29, 1.82) is 0 Å². The van der Waals surface area contributed by atoms with Crippen LogP contribution >= 0.6 is 0 Å². The summed E-state index contributed by atoms with van der Waals surface area (Å²) in [6.07, 6.45) is -0.505. The predicted molar refractivity (Wildman–Crippen MR) is 107 cm³/mol. The Kier molecular flexibility index (Phi) is 6.50. The zero-order valence-corrected chi connectivity index (χ0v) is 17.0. The van der Waals surface area contributed by atoms with E-state index in [9.17, 15) is 9.18 Å². The molecule has 0 bridgehead atoms. The number of ether oxygens (including phenoxy) is 2. The van der Waals surface area contributed by atoms with E-state index in [0.29, 0.717) is 36.9 Å². The maximum Gasteiger partial charge on any atom is 0.270 e. The summed E-state index contributed by atoms with van der Waals surface area (Å²) < 4.78 is 24.3. The molecule has 0 saturated carbocycles. The lowest BCUT2D eigenvalue weighted by atomic mass is 10.0. The molecular formula is C21H23FN4O5. The highest BCUT2D eigenvalue weighted by atomic mass is 19.1. The topological polar surface area (TPSA) is 115 Å². The Labute approximate surface area is 178 Å². The Morgan fingerprint density at radius 3 is 2.71 bits per heavy atom. The summed E-state index contributed by atoms with van der Waals surface area (Å²) in [5.41, 5.74) is 2.08. The molecular weight excluding hydrogens is 407 g/mol. The first-order valence-corrected chi connectivity index (χ1v) is 9.97. The number of aromatic nitrogens is 2. The van der Waals surface area contributed by atoms with Crippen LogP contribution in [0.15, 0.2) is 35.5 Å². The number of carbonyl (C=O) groups excluding carboxylic acids is 1. The van der Waals surface area contributed by atoms with E-state index in [1.54, 1.807) is 25.1 Å². The second-order valence-corrected chi connectivity index (χ2v) is 7.39. The van der Waals surface area contributed by atoms with Gasteiger partial charge in [0.25, 0.3) is 5.91 Å². The van der Waals surface area contributed by atoms with E-state index in [1.807, 2.05) is 0 Å². The Bertz CT molecular complexity index is 961. The second-order valence-electron chi connectivity index (χ2n) is 7.39. The Morgan fingerprint density at radius 2 is 2.00 bits per heavy atom. The number of nitrogens with zero attached hydrogens (tertiary/aromatic N) is 3. The number of oxime groups is 1. The van der Waals surface area contributed by atoms with Crippen molar-refractivity contribution in [2.24, 2.45) is 5.16 Å². The van der Waals surface area contributed by atoms with Gasteiger partial charge in [0.2, 0.25) is 0 Å². The molecule has 3 heterocycles. The minimum atomic E-state index is -0.369. The quantitative estimate of drug-likeness (QED) is 0.706. The Morgan fingerprint density at radius 1 is 1.19 bits per heavy atom. The van der Waals surface area contributed by atoms with E-state index < -0.39 is 0 Å². The Balaban J connectivity index is 1.38. The van der Waals surface area contributed by atoms with Gasteiger partial charge >= 0.3 is 0 Å². The number of nitrogens with one attached hydrogen (secondary N) is 1. The zero-order chi connectivity index (χ0) is 21.8. The molecule has 4 rings (SSSR count). The molecule has 1 amide bonds. The monoisotopic (exact) mass is 430 g/mol. The van der Waals surface area contributed by atoms with Crippen LogP contribution in [0.3, 0.4) is 0 Å². The number of halogens is 1. The first-order chi connectivity index (χ1) is 15.0. The van der Waals surface area contributed by atoms with Gasteiger partial charge in [-0.15, -0.1) is 0 Å². The van der Waals surface area contributed by atoms with Gasteiger partial charge in [-0.1, -0.05) is 17.3 Å². The zero-order valence-electron chi connectivity index (χ0n) is 17.0. The smallest absolute Gasteiger partial charge is 0.270 e. The number of hydrogen-bond acceptors (Lipinski definition) is 8. The molecule has 0 radical (unpaired) electrons. The van der Waals surface area contributed by atoms with Crippen LogP contribution in [0, 0.1) is 12.7 Å². The van der Waals surface area contributed by atoms with Crippen LogP contribution in [0.4, 0.5) is 4.39 Å². The molecule has 1 fully saturated rings. The molecule has 2 N–H and O–H groups in total. The van der Waals surface area contributed by atoms with Crippen molar-refractivity contribution in [3.05, 3.63) is 58.9 Å². The van der Waals surface area contributed by atoms with E-state index in [2.05, 4.69) is 20.4 Å². The standard InChI is InChI=1S/C21H23FN4O5/c1-12-24-16(17-7-19(31-26-17)20-11-29-15(9-27)10-30-20)6-18(25-12)21(28)23-8-13-2-4-14(22)5-3-13/h2-6,15,19-20,27H,7-11H2,1H3,(H,23,28)/t15-,19-,20?/m0/s1. The molecule has 2 aliphatic heterocycles. The number of aliphatic hydroxyl groups is 1. The minimum absolute atomic E-state index is 0.0911. The fourth-order valence-electron chi connectivity index (χ4n) is 3.33. The third-order valence-electron chi connectivity index (χ3n) is 5.04. The number of hydrogen-bond donors (Lipinski definition) is 2. The predicted octanol–water partition coefficient (Wildman–Crippen LogP) is 1.12. The summed E-state index contributed by atoms with van der Waals surface area (Å²) in [5, 5.41) is 16.0. The molecule has 2 aromatic rings. The average molecular weight is 430 g/mol. The van der Waals surface area contributed by atoms with Gasteiger partial charge in [0, 0.05) is 13.0 Å². The Hall–Kier alpha value is -2.95. The number of benzene rings is 1. The van der Waals surface area contributed by atoms with Crippen molar-refractivity contribution in [3.8, 4) is 0 Å². The van der Waals surface area contributed by atoms with Crippen molar-refractivity contribution in [2.45, 2.75) is 38.2 Å². The van der Waals surface area contributed by atoms with Crippen molar-refractivity contribution in [3.63, 3.8) is 0 Å².